The van der Waals surface area contributed by atoms with Crippen LogP contribution in [0.5, 0.6) is 0 Å². The van der Waals surface area contributed by atoms with Gasteiger partial charge in [-0.25, -0.2) is 4.98 Å². The highest BCUT2D eigenvalue weighted by atomic mass is 32.1. The molecule has 4 heterocycles. The lowest BCUT2D eigenvalue weighted by Crippen LogP contribution is -2.46. The molecule has 2 fully saturated rings. The Morgan fingerprint density at radius 2 is 2.09 bits per heavy atom. The summed E-state index contributed by atoms with van der Waals surface area (Å²) in [5, 5.41) is 3.00. The highest BCUT2D eigenvalue weighted by Gasteiger charge is 2.39. The van der Waals surface area contributed by atoms with Crippen LogP contribution in [0.3, 0.4) is 0 Å². The maximum atomic E-state index is 13.0. The van der Waals surface area contributed by atoms with Gasteiger partial charge in [-0.05, 0) is 50.7 Å². The number of aromatic nitrogens is 1. The summed E-state index contributed by atoms with van der Waals surface area (Å²) >= 11 is 3.20. The second-order valence-corrected chi connectivity index (χ2v) is 8.38. The minimum atomic E-state index is 0.174. The lowest BCUT2D eigenvalue weighted by Gasteiger charge is -2.33. The van der Waals surface area contributed by atoms with Gasteiger partial charge in [-0.1, -0.05) is 6.07 Å². The van der Waals surface area contributed by atoms with Crippen LogP contribution in [0.15, 0.2) is 23.7 Å². The highest BCUT2D eigenvalue weighted by Crippen LogP contribution is 2.33. The molecule has 0 N–H and O–H groups in total. The summed E-state index contributed by atoms with van der Waals surface area (Å²) in [6.45, 7) is 2.05. The first kappa shape index (κ1) is 15.3. The molecule has 0 aliphatic carbocycles. The Bertz CT molecular complexity index is 682. The van der Waals surface area contributed by atoms with Crippen molar-refractivity contribution in [2.75, 3.05) is 20.1 Å². The van der Waals surface area contributed by atoms with E-state index >= 15 is 0 Å². The van der Waals surface area contributed by atoms with Crippen LogP contribution in [-0.2, 0) is 0 Å². The van der Waals surface area contributed by atoms with Crippen LogP contribution in [0.1, 0.15) is 35.4 Å². The molecule has 0 radical (unpaired) electrons. The van der Waals surface area contributed by atoms with Crippen molar-refractivity contribution in [3.8, 4) is 9.88 Å². The topological polar surface area (TPSA) is 36.4 Å². The molecule has 2 aliphatic rings. The van der Waals surface area contributed by atoms with Crippen LogP contribution >= 0.6 is 22.7 Å². The first-order chi connectivity index (χ1) is 11.2. The molecule has 4 rings (SSSR count). The van der Waals surface area contributed by atoms with Crippen molar-refractivity contribution < 1.29 is 4.79 Å². The summed E-state index contributed by atoms with van der Waals surface area (Å²) in [6, 6.07) is 4.99. The van der Waals surface area contributed by atoms with Gasteiger partial charge in [-0.2, -0.15) is 0 Å². The average Bonchev–Trinajstić information content (AvgIpc) is 3.31. The molecule has 2 atom stereocenters. The Hall–Kier alpha value is -1.24. The molecule has 4 nitrogen and oxygen atoms in total. The Morgan fingerprint density at radius 3 is 2.83 bits per heavy atom. The van der Waals surface area contributed by atoms with Gasteiger partial charge < -0.3 is 9.80 Å². The summed E-state index contributed by atoms with van der Waals surface area (Å²) in [5.41, 5.74) is 0. The number of rotatable bonds is 3. The molecule has 0 bridgehead atoms. The SMILES string of the molecule is CN1CCC[C@H]1[C@@H]1CCCN1C(=O)c1cnc(-c2cccs2)s1. The Labute approximate surface area is 144 Å². The molecule has 2 saturated heterocycles. The van der Waals surface area contributed by atoms with Crippen LogP contribution in [0.25, 0.3) is 9.88 Å². The fourth-order valence-electron chi connectivity index (χ4n) is 3.90. The van der Waals surface area contributed by atoms with Crippen LogP contribution in [0.4, 0.5) is 0 Å². The summed E-state index contributed by atoms with van der Waals surface area (Å²) < 4.78 is 0. The molecular formula is C17H21N3OS2. The Balaban J connectivity index is 1.54. The fourth-order valence-corrected chi connectivity index (χ4v) is 5.57. The van der Waals surface area contributed by atoms with Crippen molar-refractivity contribution in [1.29, 1.82) is 0 Å². The van der Waals surface area contributed by atoms with Crippen molar-refractivity contribution in [3.63, 3.8) is 0 Å². The smallest absolute Gasteiger partial charge is 0.265 e. The first-order valence-electron chi connectivity index (χ1n) is 8.25. The zero-order valence-corrected chi connectivity index (χ0v) is 14.9. The number of likely N-dealkylation sites (N-methyl/N-ethyl adjacent to an activating group) is 1. The van der Waals surface area contributed by atoms with E-state index < -0.39 is 0 Å². The van der Waals surface area contributed by atoms with Gasteiger partial charge >= 0.3 is 0 Å². The van der Waals surface area contributed by atoms with Gasteiger partial charge in [0.25, 0.3) is 5.91 Å². The molecule has 0 spiro atoms. The summed E-state index contributed by atoms with van der Waals surface area (Å²) in [6.07, 6.45) is 6.49. The zero-order chi connectivity index (χ0) is 15.8. The van der Waals surface area contributed by atoms with Crippen molar-refractivity contribution >= 4 is 28.6 Å². The number of carbonyl (C=O) groups excluding carboxylic acids is 1. The fraction of sp³-hybridized carbons (Fsp3) is 0.529. The summed E-state index contributed by atoms with van der Waals surface area (Å²) in [4.78, 5) is 23.9. The molecule has 6 heteroatoms. The van der Waals surface area contributed by atoms with Crippen molar-refractivity contribution in [2.24, 2.45) is 0 Å². The molecule has 2 aliphatic heterocycles. The predicted octanol–water partition coefficient (Wildman–Crippen LogP) is 3.57. The number of hydrogen-bond donors (Lipinski definition) is 0. The van der Waals surface area contributed by atoms with Crippen molar-refractivity contribution in [1.82, 2.24) is 14.8 Å². The van der Waals surface area contributed by atoms with E-state index in [0.717, 1.165) is 40.7 Å². The molecule has 2 aromatic heterocycles. The monoisotopic (exact) mass is 347 g/mol. The van der Waals surface area contributed by atoms with E-state index in [2.05, 4.69) is 27.9 Å². The van der Waals surface area contributed by atoms with E-state index in [0.29, 0.717) is 12.1 Å². The number of nitrogens with zero attached hydrogens (tertiary/aromatic N) is 3. The van der Waals surface area contributed by atoms with Gasteiger partial charge in [0.15, 0.2) is 0 Å². The number of thiophene rings is 1. The molecule has 0 unspecified atom stereocenters. The minimum absolute atomic E-state index is 0.174. The van der Waals surface area contributed by atoms with Crippen LogP contribution in [0, 0.1) is 0 Å². The van der Waals surface area contributed by atoms with Gasteiger partial charge in [0, 0.05) is 18.6 Å². The quantitative estimate of drug-likeness (QED) is 0.852. The predicted molar refractivity (Wildman–Crippen MR) is 95.1 cm³/mol. The number of likely N-dealkylation sites (tertiary alicyclic amines) is 2. The third kappa shape index (κ3) is 2.84. The van der Waals surface area contributed by atoms with Crippen molar-refractivity contribution in [3.05, 3.63) is 28.6 Å². The van der Waals surface area contributed by atoms with Crippen LogP contribution < -0.4 is 0 Å². The zero-order valence-electron chi connectivity index (χ0n) is 13.3. The molecule has 0 saturated carbocycles. The second-order valence-electron chi connectivity index (χ2n) is 6.41. The van der Waals surface area contributed by atoms with E-state index in [-0.39, 0.29) is 5.91 Å². The second kappa shape index (κ2) is 6.34. The number of hydrogen-bond acceptors (Lipinski definition) is 5. The molecule has 1 amide bonds. The minimum Gasteiger partial charge on any atom is -0.333 e. The van der Waals surface area contributed by atoms with Gasteiger partial charge in [-0.3, -0.25) is 4.79 Å². The van der Waals surface area contributed by atoms with E-state index in [4.69, 9.17) is 0 Å². The van der Waals surface area contributed by atoms with Crippen molar-refractivity contribution in [2.45, 2.75) is 37.8 Å². The summed E-state index contributed by atoms with van der Waals surface area (Å²) in [5.74, 6) is 0.174. The van der Waals surface area contributed by atoms with E-state index in [9.17, 15) is 4.79 Å². The van der Waals surface area contributed by atoms with E-state index in [1.807, 2.05) is 11.4 Å². The van der Waals surface area contributed by atoms with Gasteiger partial charge in [-0.15, -0.1) is 22.7 Å². The van der Waals surface area contributed by atoms with Crippen LogP contribution in [-0.4, -0.2) is 52.9 Å². The Kier molecular flexibility index (Phi) is 4.22. The maximum absolute atomic E-state index is 13.0. The first-order valence-corrected chi connectivity index (χ1v) is 9.94. The Morgan fingerprint density at radius 1 is 1.26 bits per heavy atom. The standard InChI is InChI=1S/C17H21N3OS2/c1-19-8-2-5-12(19)13-6-3-9-20(13)17(21)15-11-18-16(23-15)14-7-4-10-22-14/h4,7,10-13H,2-3,5-6,8-9H2,1H3/t12-,13-/m0/s1. The van der Waals surface area contributed by atoms with Gasteiger partial charge in [0.05, 0.1) is 11.1 Å². The highest BCUT2D eigenvalue weighted by molar-refractivity contribution is 7.21. The van der Waals surface area contributed by atoms with Gasteiger partial charge in [0.1, 0.15) is 9.88 Å². The van der Waals surface area contributed by atoms with Gasteiger partial charge in [0.2, 0.25) is 0 Å². The molecular weight excluding hydrogens is 326 g/mol. The number of carbonyl (C=O) groups is 1. The average molecular weight is 348 g/mol. The number of thiazole rings is 1. The van der Waals surface area contributed by atoms with E-state index in [1.54, 1.807) is 17.5 Å². The lowest BCUT2D eigenvalue weighted by atomic mass is 10.0. The third-order valence-electron chi connectivity index (χ3n) is 5.03. The maximum Gasteiger partial charge on any atom is 0.265 e. The summed E-state index contributed by atoms with van der Waals surface area (Å²) in [7, 11) is 2.19. The van der Waals surface area contributed by atoms with E-state index in [1.165, 1.54) is 24.2 Å². The van der Waals surface area contributed by atoms with Crippen LogP contribution in [0.2, 0.25) is 0 Å². The normalized spacial score (nSPS) is 25.3. The molecule has 0 aromatic carbocycles. The molecule has 2 aromatic rings. The largest absolute Gasteiger partial charge is 0.333 e. The number of amides is 1. The molecule has 122 valence electrons. The lowest BCUT2D eigenvalue weighted by molar-refractivity contribution is 0.0669. The molecule has 23 heavy (non-hydrogen) atoms. The third-order valence-corrected chi connectivity index (χ3v) is 7.05.